The highest BCUT2D eigenvalue weighted by Crippen LogP contribution is 2.36. The largest absolute Gasteiger partial charge is 0.398 e. The Kier molecular flexibility index (Phi) is 8.79. The van der Waals surface area contributed by atoms with E-state index < -0.39 is 35.6 Å². The predicted octanol–water partition coefficient (Wildman–Crippen LogP) is 4.71. The molecule has 2 aliphatic heterocycles. The van der Waals surface area contributed by atoms with Gasteiger partial charge in [-0.3, -0.25) is 19.2 Å². The first-order valence-corrected chi connectivity index (χ1v) is 14.3. The Labute approximate surface area is 246 Å². The third-order valence-corrected chi connectivity index (χ3v) is 7.47. The van der Waals surface area contributed by atoms with Gasteiger partial charge in [0.1, 0.15) is 0 Å². The van der Waals surface area contributed by atoms with E-state index in [-0.39, 0.29) is 38.5 Å². The van der Waals surface area contributed by atoms with Gasteiger partial charge in [0.05, 0.1) is 0 Å². The summed E-state index contributed by atoms with van der Waals surface area (Å²) in [4.78, 5) is 77.8. The average Bonchev–Trinajstić information content (AvgIpc) is 3.49. The van der Waals surface area contributed by atoms with E-state index in [0.717, 1.165) is 11.1 Å². The molecule has 11 nitrogen and oxygen atoms in total. The summed E-state index contributed by atoms with van der Waals surface area (Å²) < 4.78 is 0. The predicted molar refractivity (Wildman–Crippen MR) is 157 cm³/mol. The zero-order valence-electron chi connectivity index (χ0n) is 23.5. The van der Waals surface area contributed by atoms with Crippen LogP contribution in [0.1, 0.15) is 64.2 Å². The van der Waals surface area contributed by atoms with Crippen molar-refractivity contribution in [3.8, 4) is 0 Å². The maximum absolute atomic E-state index is 11.6. The van der Waals surface area contributed by atoms with E-state index in [1.165, 1.54) is 26.9 Å². The third kappa shape index (κ3) is 6.56. The van der Waals surface area contributed by atoms with Gasteiger partial charge in [-0.15, -0.1) is 10.1 Å². The third-order valence-electron chi connectivity index (χ3n) is 7.47. The van der Waals surface area contributed by atoms with Crippen LogP contribution in [0, 0.1) is 0 Å². The Hall–Kier alpha value is -5.06. The number of nitrogens with zero attached hydrogens (tertiary/aromatic N) is 2. The van der Waals surface area contributed by atoms with E-state index in [2.05, 4.69) is 48.5 Å². The maximum Gasteiger partial charge on any atom is 0.333 e. The summed E-state index contributed by atoms with van der Waals surface area (Å²) in [5.41, 5.74) is 6.92. The number of hydrogen-bond donors (Lipinski definition) is 1. The zero-order valence-corrected chi connectivity index (χ0v) is 23.5. The van der Waals surface area contributed by atoms with Crippen molar-refractivity contribution < 1.29 is 38.4 Å². The highest BCUT2D eigenvalue weighted by atomic mass is 16.7. The first-order chi connectivity index (χ1) is 20.7. The molecule has 0 bridgehead atoms. The number of hydroxylamine groups is 4. The fraction of sp³-hybridized carbons (Fsp3) is 0.312. The van der Waals surface area contributed by atoms with Crippen molar-refractivity contribution in [3.63, 3.8) is 0 Å². The summed E-state index contributed by atoms with van der Waals surface area (Å²) in [6.07, 6.45) is 2.54. The summed E-state index contributed by atoms with van der Waals surface area (Å²) in [6.45, 7) is 0. The molecule has 2 N–H and O–H groups in total. The minimum Gasteiger partial charge on any atom is -0.398 e. The first kappa shape index (κ1) is 29.4. The molecule has 2 fully saturated rings. The summed E-state index contributed by atoms with van der Waals surface area (Å²) in [5.74, 6) is -3.37. The lowest BCUT2D eigenvalue weighted by Gasteiger charge is -2.12. The van der Waals surface area contributed by atoms with Crippen molar-refractivity contribution in [1.29, 1.82) is 0 Å². The van der Waals surface area contributed by atoms with Gasteiger partial charge in [0, 0.05) is 49.6 Å². The summed E-state index contributed by atoms with van der Waals surface area (Å²) in [6, 6.07) is 19.1. The van der Waals surface area contributed by atoms with Crippen LogP contribution in [0.15, 0.2) is 54.6 Å². The fourth-order valence-corrected chi connectivity index (χ4v) is 5.26. The molecule has 6 rings (SSSR count). The van der Waals surface area contributed by atoms with Crippen LogP contribution >= 0.6 is 0 Å². The van der Waals surface area contributed by atoms with Gasteiger partial charge >= 0.3 is 11.9 Å². The minimum absolute atomic E-state index is 0.0524. The standard InChI is InChI=1S/C16H20N2O8.C16H11N/c19-11-7-8-12(20)17(11)25-15(23)5-3-1-2-4-6-16(24)26-18-13(21)9-10-14(18)22;17-14-9-7-12-5-4-10-2-1-3-11-6-8-13(14)16(12)15(10)11/h1-10H2;1-9H,17H2. The summed E-state index contributed by atoms with van der Waals surface area (Å²) >= 11 is 0. The minimum atomic E-state index is -0.654. The van der Waals surface area contributed by atoms with Crippen molar-refractivity contribution in [3.05, 3.63) is 54.6 Å². The molecule has 0 spiro atoms. The van der Waals surface area contributed by atoms with Crippen LogP contribution < -0.4 is 5.73 Å². The van der Waals surface area contributed by atoms with Crippen LogP contribution in [0.3, 0.4) is 0 Å². The Balaban J connectivity index is 0.000000185. The molecule has 0 saturated carbocycles. The molecule has 4 aromatic rings. The Morgan fingerprint density at radius 2 is 1.00 bits per heavy atom. The van der Waals surface area contributed by atoms with Crippen LogP contribution in [-0.4, -0.2) is 45.7 Å². The number of hydrogen-bond acceptors (Lipinski definition) is 9. The highest BCUT2D eigenvalue weighted by Gasteiger charge is 2.33. The van der Waals surface area contributed by atoms with Gasteiger partial charge in [-0.25, -0.2) is 9.59 Å². The molecule has 0 radical (unpaired) electrons. The number of imide groups is 2. The Bertz CT molecular complexity index is 1630. The van der Waals surface area contributed by atoms with Gasteiger partial charge in [0.2, 0.25) is 0 Å². The first-order valence-electron chi connectivity index (χ1n) is 14.3. The van der Waals surface area contributed by atoms with Crippen LogP contribution in [0.2, 0.25) is 0 Å². The number of anilines is 1. The molecular weight excluding hydrogens is 554 g/mol. The van der Waals surface area contributed by atoms with E-state index in [1.807, 2.05) is 6.07 Å². The number of carbonyl (C=O) groups is 6. The monoisotopic (exact) mass is 585 g/mol. The molecule has 0 atom stereocenters. The molecule has 2 saturated heterocycles. The molecule has 4 aromatic carbocycles. The number of nitrogen functional groups attached to an aromatic ring is 1. The zero-order chi connectivity index (χ0) is 30.5. The molecule has 11 heteroatoms. The molecule has 0 aromatic heterocycles. The van der Waals surface area contributed by atoms with Crippen molar-refractivity contribution in [2.45, 2.75) is 64.2 Å². The fourth-order valence-electron chi connectivity index (χ4n) is 5.26. The van der Waals surface area contributed by atoms with E-state index in [0.29, 0.717) is 35.8 Å². The van der Waals surface area contributed by atoms with Crippen LogP contribution in [0.25, 0.3) is 32.3 Å². The Morgan fingerprint density at radius 3 is 1.49 bits per heavy atom. The number of nitrogens with two attached hydrogens (primary N) is 1. The van der Waals surface area contributed by atoms with Gasteiger partial charge in [0.15, 0.2) is 0 Å². The van der Waals surface area contributed by atoms with Crippen molar-refractivity contribution in [2.24, 2.45) is 0 Å². The van der Waals surface area contributed by atoms with E-state index >= 15 is 0 Å². The lowest BCUT2D eigenvalue weighted by Crippen LogP contribution is -2.32. The number of amides is 4. The number of benzene rings is 4. The second kappa shape index (κ2) is 12.8. The number of rotatable bonds is 9. The van der Waals surface area contributed by atoms with Crippen molar-refractivity contribution in [2.75, 3.05) is 5.73 Å². The van der Waals surface area contributed by atoms with Crippen molar-refractivity contribution in [1.82, 2.24) is 10.1 Å². The van der Waals surface area contributed by atoms with Gasteiger partial charge in [0.25, 0.3) is 23.6 Å². The van der Waals surface area contributed by atoms with E-state index in [9.17, 15) is 28.8 Å². The van der Waals surface area contributed by atoms with Crippen LogP contribution in [0.4, 0.5) is 5.69 Å². The normalized spacial score (nSPS) is 15.1. The second-order valence-electron chi connectivity index (χ2n) is 10.5. The Morgan fingerprint density at radius 1 is 0.581 bits per heavy atom. The molecule has 0 unspecified atom stereocenters. The smallest absolute Gasteiger partial charge is 0.333 e. The maximum atomic E-state index is 11.6. The molecular formula is C32H31N3O8. The molecule has 2 heterocycles. The second-order valence-corrected chi connectivity index (χ2v) is 10.5. The molecule has 4 amide bonds. The van der Waals surface area contributed by atoms with Gasteiger partial charge in [-0.2, -0.15) is 0 Å². The molecule has 222 valence electrons. The van der Waals surface area contributed by atoms with Gasteiger partial charge in [-0.1, -0.05) is 61.4 Å². The highest BCUT2D eigenvalue weighted by molar-refractivity contribution is 6.25. The quantitative estimate of drug-likeness (QED) is 0.127. The van der Waals surface area contributed by atoms with Crippen LogP contribution in [0.5, 0.6) is 0 Å². The SMILES string of the molecule is Nc1ccc2ccc3cccc4ccc1c2c34.O=C(CCCCCCC(=O)ON1C(=O)CCC1=O)ON1C(=O)CCC1=O. The van der Waals surface area contributed by atoms with Crippen molar-refractivity contribution >= 4 is 73.6 Å². The topological polar surface area (TPSA) is 153 Å². The van der Waals surface area contributed by atoms with Gasteiger partial charge < -0.3 is 15.4 Å². The van der Waals surface area contributed by atoms with E-state index in [4.69, 9.17) is 15.4 Å². The molecule has 0 aliphatic carbocycles. The summed E-state index contributed by atoms with van der Waals surface area (Å²) in [7, 11) is 0. The van der Waals surface area contributed by atoms with Gasteiger partial charge in [-0.05, 0) is 45.8 Å². The lowest BCUT2D eigenvalue weighted by molar-refractivity contribution is -0.197. The molecule has 2 aliphatic rings. The lowest BCUT2D eigenvalue weighted by atomic mass is 9.94. The summed E-state index contributed by atoms with van der Waals surface area (Å²) in [5, 5.41) is 8.64. The average molecular weight is 586 g/mol. The number of carbonyl (C=O) groups excluding carboxylic acids is 6. The van der Waals surface area contributed by atoms with Crippen LogP contribution in [-0.2, 0) is 38.4 Å². The number of unbranched alkanes of at least 4 members (excludes halogenated alkanes) is 3. The van der Waals surface area contributed by atoms with E-state index in [1.54, 1.807) is 0 Å². The molecule has 43 heavy (non-hydrogen) atoms.